The second kappa shape index (κ2) is 7.64. The van der Waals surface area contributed by atoms with Crippen LogP contribution < -0.4 is 0 Å². The number of likely N-dealkylation sites (tertiary alicyclic amines) is 1. The van der Waals surface area contributed by atoms with E-state index in [2.05, 4.69) is 22.3 Å². The summed E-state index contributed by atoms with van der Waals surface area (Å²) < 4.78 is 5.52. The van der Waals surface area contributed by atoms with E-state index in [4.69, 9.17) is 16.1 Å². The monoisotopic (exact) mass is 407 g/mol. The van der Waals surface area contributed by atoms with Gasteiger partial charge >= 0.3 is 0 Å². The standard InChI is InChI=1S/C23H22ClN3O2/c24-18-8-4-7-17(13-18)21-25-22(29-26-21)16-9-11-27(12-10-16)23(28)20-14-19(20)15-5-2-1-3-6-15/h1-8,13,16,19-20H,9-12,14H2. The summed E-state index contributed by atoms with van der Waals surface area (Å²) in [4.78, 5) is 19.5. The fourth-order valence-corrected chi connectivity index (χ4v) is 4.45. The van der Waals surface area contributed by atoms with E-state index in [0.29, 0.717) is 28.6 Å². The molecule has 5 rings (SSSR count). The number of aromatic nitrogens is 2. The Morgan fingerprint density at radius 1 is 1.07 bits per heavy atom. The molecule has 2 aromatic carbocycles. The second-order valence-corrected chi connectivity index (χ2v) is 8.36. The number of benzene rings is 2. The van der Waals surface area contributed by atoms with Crippen LogP contribution in [0.15, 0.2) is 59.1 Å². The van der Waals surface area contributed by atoms with Gasteiger partial charge in [-0.25, -0.2) is 0 Å². The zero-order valence-corrected chi connectivity index (χ0v) is 16.8. The van der Waals surface area contributed by atoms with E-state index >= 15 is 0 Å². The summed E-state index contributed by atoms with van der Waals surface area (Å²) in [6, 6.07) is 17.8. The topological polar surface area (TPSA) is 59.2 Å². The zero-order chi connectivity index (χ0) is 19.8. The van der Waals surface area contributed by atoms with E-state index in [0.717, 1.165) is 37.9 Å². The lowest BCUT2D eigenvalue weighted by molar-refractivity contribution is -0.133. The number of rotatable bonds is 4. The second-order valence-electron chi connectivity index (χ2n) is 7.93. The van der Waals surface area contributed by atoms with Gasteiger partial charge in [-0.05, 0) is 42.9 Å². The van der Waals surface area contributed by atoms with Crippen LogP contribution in [0.25, 0.3) is 11.4 Å². The van der Waals surface area contributed by atoms with E-state index in [-0.39, 0.29) is 11.8 Å². The van der Waals surface area contributed by atoms with Gasteiger partial charge in [0, 0.05) is 35.5 Å². The van der Waals surface area contributed by atoms with Crippen LogP contribution in [0.2, 0.25) is 5.02 Å². The first-order chi connectivity index (χ1) is 14.2. The van der Waals surface area contributed by atoms with Gasteiger partial charge < -0.3 is 9.42 Å². The normalized spacial score (nSPS) is 21.9. The Labute approximate surface area is 174 Å². The molecule has 148 valence electrons. The minimum absolute atomic E-state index is 0.145. The highest BCUT2D eigenvalue weighted by atomic mass is 35.5. The minimum atomic E-state index is 0.145. The number of hydrogen-bond donors (Lipinski definition) is 0. The Balaban J connectivity index is 1.19. The Morgan fingerprint density at radius 2 is 1.86 bits per heavy atom. The van der Waals surface area contributed by atoms with Crippen molar-refractivity contribution < 1.29 is 9.32 Å². The highest BCUT2D eigenvalue weighted by Crippen LogP contribution is 2.48. The number of hydrogen-bond acceptors (Lipinski definition) is 4. The summed E-state index contributed by atoms with van der Waals surface area (Å²) in [6.07, 6.45) is 2.67. The largest absolute Gasteiger partial charge is 0.342 e. The van der Waals surface area contributed by atoms with Crippen LogP contribution >= 0.6 is 11.6 Å². The van der Waals surface area contributed by atoms with Gasteiger partial charge in [0.1, 0.15) is 0 Å². The van der Waals surface area contributed by atoms with Gasteiger partial charge in [0.25, 0.3) is 0 Å². The summed E-state index contributed by atoms with van der Waals surface area (Å²) in [6.45, 7) is 1.49. The van der Waals surface area contributed by atoms with Crippen molar-refractivity contribution in [3.05, 3.63) is 71.1 Å². The number of carbonyl (C=O) groups is 1. The van der Waals surface area contributed by atoms with Crippen molar-refractivity contribution in [2.45, 2.75) is 31.1 Å². The molecule has 6 heteroatoms. The maximum atomic E-state index is 12.9. The average molecular weight is 408 g/mol. The van der Waals surface area contributed by atoms with Crippen LogP contribution in [0, 0.1) is 5.92 Å². The quantitative estimate of drug-likeness (QED) is 0.617. The van der Waals surface area contributed by atoms with Gasteiger partial charge in [-0.3, -0.25) is 4.79 Å². The molecule has 1 amide bonds. The number of nitrogens with zero attached hydrogens (tertiary/aromatic N) is 3. The predicted octanol–water partition coefficient (Wildman–Crippen LogP) is 4.90. The molecule has 29 heavy (non-hydrogen) atoms. The van der Waals surface area contributed by atoms with Crippen molar-refractivity contribution in [3.8, 4) is 11.4 Å². The molecule has 1 aliphatic carbocycles. The molecule has 1 saturated carbocycles. The molecular formula is C23H22ClN3O2. The Hall–Kier alpha value is -2.66. The highest BCUT2D eigenvalue weighted by molar-refractivity contribution is 6.30. The smallest absolute Gasteiger partial charge is 0.230 e. The molecule has 2 heterocycles. The van der Waals surface area contributed by atoms with E-state index in [9.17, 15) is 4.79 Å². The van der Waals surface area contributed by atoms with Gasteiger partial charge in [-0.1, -0.05) is 59.2 Å². The molecule has 2 unspecified atom stereocenters. The first-order valence-corrected chi connectivity index (χ1v) is 10.5. The maximum absolute atomic E-state index is 12.9. The lowest BCUT2D eigenvalue weighted by Crippen LogP contribution is -2.39. The molecule has 0 N–H and O–H groups in total. The van der Waals surface area contributed by atoms with Crippen LogP contribution in [-0.4, -0.2) is 34.0 Å². The van der Waals surface area contributed by atoms with Gasteiger partial charge in [0.05, 0.1) is 0 Å². The molecule has 2 atom stereocenters. The minimum Gasteiger partial charge on any atom is -0.342 e. The highest BCUT2D eigenvalue weighted by Gasteiger charge is 2.46. The van der Waals surface area contributed by atoms with Crippen molar-refractivity contribution in [1.82, 2.24) is 15.0 Å². The Bertz CT molecular complexity index is 1010. The first-order valence-electron chi connectivity index (χ1n) is 10.1. The summed E-state index contributed by atoms with van der Waals surface area (Å²) in [5, 5.41) is 4.76. The first kappa shape index (κ1) is 18.4. The Kier molecular flexibility index (Phi) is 4.84. The van der Waals surface area contributed by atoms with E-state index in [1.165, 1.54) is 5.56 Å². The fraction of sp³-hybridized carbons (Fsp3) is 0.348. The molecule has 2 fully saturated rings. The average Bonchev–Trinajstić information content (AvgIpc) is 3.41. The molecule has 2 aliphatic rings. The van der Waals surface area contributed by atoms with Crippen LogP contribution in [0.4, 0.5) is 0 Å². The van der Waals surface area contributed by atoms with Crippen molar-refractivity contribution in [2.75, 3.05) is 13.1 Å². The third-order valence-electron chi connectivity index (χ3n) is 6.02. The number of carbonyl (C=O) groups excluding carboxylic acids is 1. The summed E-state index contributed by atoms with van der Waals surface area (Å²) in [7, 11) is 0. The molecule has 0 spiro atoms. The van der Waals surface area contributed by atoms with Crippen molar-refractivity contribution in [3.63, 3.8) is 0 Å². The maximum Gasteiger partial charge on any atom is 0.230 e. The van der Waals surface area contributed by atoms with Crippen LogP contribution in [-0.2, 0) is 4.79 Å². The van der Waals surface area contributed by atoms with E-state index < -0.39 is 0 Å². The fourth-order valence-electron chi connectivity index (χ4n) is 4.26. The zero-order valence-electron chi connectivity index (χ0n) is 16.0. The molecule has 0 bridgehead atoms. The van der Waals surface area contributed by atoms with Gasteiger partial charge in [-0.15, -0.1) is 0 Å². The number of amides is 1. The van der Waals surface area contributed by atoms with E-state index in [1.807, 2.05) is 47.4 Å². The summed E-state index contributed by atoms with van der Waals surface area (Å²) in [5.41, 5.74) is 2.13. The lowest BCUT2D eigenvalue weighted by atomic mass is 9.96. The lowest BCUT2D eigenvalue weighted by Gasteiger charge is -2.30. The third kappa shape index (κ3) is 3.79. The molecule has 1 aromatic heterocycles. The van der Waals surface area contributed by atoms with E-state index in [1.54, 1.807) is 0 Å². The van der Waals surface area contributed by atoms with Crippen molar-refractivity contribution >= 4 is 17.5 Å². The molecule has 1 saturated heterocycles. The van der Waals surface area contributed by atoms with Crippen LogP contribution in [0.1, 0.15) is 42.6 Å². The molecule has 3 aromatic rings. The van der Waals surface area contributed by atoms with Gasteiger partial charge in [-0.2, -0.15) is 4.98 Å². The molecule has 0 radical (unpaired) electrons. The summed E-state index contributed by atoms with van der Waals surface area (Å²) in [5.74, 6) is 2.24. The van der Waals surface area contributed by atoms with Gasteiger partial charge in [0.2, 0.25) is 17.6 Å². The molecular weight excluding hydrogens is 386 g/mol. The third-order valence-corrected chi connectivity index (χ3v) is 6.25. The molecule has 5 nitrogen and oxygen atoms in total. The van der Waals surface area contributed by atoms with Crippen LogP contribution in [0.3, 0.4) is 0 Å². The SMILES string of the molecule is O=C(C1CC1c1ccccc1)N1CCC(c2nc(-c3cccc(Cl)c3)no2)CC1. The summed E-state index contributed by atoms with van der Waals surface area (Å²) >= 11 is 6.05. The number of piperidine rings is 1. The predicted molar refractivity (Wildman–Crippen MR) is 111 cm³/mol. The Morgan fingerprint density at radius 3 is 2.62 bits per heavy atom. The van der Waals surface area contributed by atoms with Gasteiger partial charge in [0.15, 0.2) is 0 Å². The molecule has 1 aliphatic heterocycles. The van der Waals surface area contributed by atoms with Crippen molar-refractivity contribution in [1.29, 1.82) is 0 Å². The number of halogens is 1. The van der Waals surface area contributed by atoms with Crippen LogP contribution in [0.5, 0.6) is 0 Å². The van der Waals surface area contributed by atoms with Crippen molar-refractivity contribution in [2.24, 2.45) is 5.92 Å².